The molecule has 2 unspecified atom stereocenters. The highest BCUT2D eigenvalue weighted by Crippen LogP contribution is 2.32. The van der Waals surface area contributed by atoms with Gasteiger partial charge in [0.2, 0.25) is 0 Å². The molecule has 2 fully saturated rings. The maximum absolute atomic E-state index is 13.2. The van der Waals surface area contributed by atoms with Crippen LogP contribution in [0.5, 0.6) is 0 Å². The highest BCUT2D eigenvalue weighted by atomic mass is 16.2. The van der Waals surface area contributed by atoms with Gasteiger partial charge in [-0.05, 0) is 54.5 Å². The lowest BCUT2D eigenvalue weighted by Crippen LogP contribution is -2.57. The molecule has 0 spiro atoms. The minimum absolute atomic E-state index is 0.0159. The Balaban J connectivity index is 1.44. The highest BCUT2D eigenvalue weighted by molar-refractivity contribution is 5.84. The number of fused-ring (bicyclic) bond motifs is 1. The second-order valence-electron chi connectivity index (χ2n) is 8.94. The van der Waals surface area contributed by atoms with E-state index in [2.05, 4.69) is 60.9 Å². The van der Waals surface area contributed by atoms with Crippen LogP contribution in [0.3, 0.4) is 0 Å². The molecule has 0 radical (unpaired) electrons. The van der Waals surface area contributed by atoms with Crippen molar-refractivity contribution in [1.82, 2.24) is 20.4 Å². The number of urea groups is 2. The number of rotatable bonds is 4. The fourth-order valence-electron chi connectivity index (χ4n) is 4.62. The Morgan fingerprint density at radius 2 is 1.83 bits per heavy atom. The molecule has 160 valence electrons. The predicted octanol–water partition coefficient (Wildman–Crippen LogP) is 3.87. The quantitative estimate of drug-likeness (QED) is 0.807. The Morgan fingerprint density at radius 1 is 1.07 bits per heavy atom. The molecule has 6 nitrogen and oxygen atoms in total. The Hall–Kier alpha value is -2.76. The molecule has 2 aromatic carbocycles. The molecule has 1 aliphatic carbocycles. The molecule has 6 heteroatoms. The van der Waals surface area contributed by atoms with Crippen molar-refractivity contribution in [2.24, 2.45) is 5.92 Å². The zero-order valence-electron chi connectivity index (χ0n) is 18.1. The third-order valence-corrected chi connectivity index (χ3v) is 6.21. The second-order valence-corrected chi connectivity index (χ2v) is 8.94. The Bertz CT molecular complexity index is 940. The third kappa shape index (κ3) is 4.53. The van der Waals surface area contributed by atoms with Gasteiger partial charge >= 0.3 is 12.1 Å². The van der Waals surface area contributed by atoms with E-state index in [0.717, 1.165) is 31.4 Å². The van der Waals surface area contributed by atoms with Crippen molar-refractivity contribution in [2.75, 3.05) is 20.1 Å². The summed E-state index contributed by atoms with van der Waals surface area (Å²) in [5.41, 5.74) is 2.33. The molecular weight excluding hydrogens is 376 g/mol. The van der Waals surface area contributed by atoms with Crippen LogP contribution in [0, 0.1) is 12.8 Å². The average molecular weight is 409 g/mol. The number of amides is 4. The van der Waals surface area contributed by atoms with Crippen molar-refractivity contribution in [2.45, 2.75) is 51.7 Å². The summed E-state index contributed by atoms with van der Waals surface area (Å²) in [6.45, 7) is 6.10. The second kappa shape index (κ2) is 8.54. The third-order valence-electron chi connectivity index (χ3n) is 6.21. The predicted molar refractivity (Wildman–Crippen MR) is 119 cm³/mol. The van der Waals surface area contributed by atoms with Gasteiger partial charge < -0.3 is 20.4 Å². The van der Waals surface area contributed by atoms with Gasteiger partial charge in [0.25, 0.3) is 0 Å². The van der Waals surface area contributed by atoms with Crippen molar-refractivity contribution in [3.8, 4) is 0 Å². The molecule has 2 atom stereocenters. The highest BCUT2D eigenvalue weighted by Gasteiger charge is 2.41. The lowest BCUT2D eigenvalue weighted by molar-refractivity contribution is 0.0955. The number of nitrogens with zero attached hydrogens (tertiary/aromatic N) is 2. The summed E-state index contributed by atoms with van der Waals surface area (Å²) < 4.78 is 0. The smallest absolute Gasteiger partial charge is 0.318 e. The summed E-state index contributed by atoms with van der Waals surface area (Å²) in [4.78, 5) is 29.2. The van der Waals surface area contributed by atoms with Gasteiger partial charge in [0.1, 0.15) is 0 Å². The van der Waals surface area contributed by atoms with Gasteiger partial charge in [0.15, 0.2) is 0 Å². The lowest BCUT2D eigenvalue weighted by Gasteiger charge is -2.42. The monoisotopic (exact) mass is 408 g/mol. The molecule has 2 aromatic rings. The number of aryl methyl sites for hydroxylation is 1. The molecule has 1 saturated heterocycles. The fourth-order valence-corrected chi connectivity index (χ4v) is 4.62. The van der Waals surface area contributed by atoms with Crippen molar-refractivity contribution < 1.29 is 9.59 Å². The van der Waals surface area contributed by atoms with Gasteiger partial charge in [-0.15, -0.1) is 0 Å². The lowest BCUT2D eigenvalue weighted by atomic mass is 9.95. The molecule has 1 saturated carbocycles. The Kier molecular flexibility index (Phi) is 5.84. The van der Waals surface area contributed by atoms with Crippen LogP contribution in [-0.2, 0) is 6.54 Å². The maximum Gasteiger partial charge on any atom is 0.318 e. The topological polar surface area (TPSA) is 64.7 Å². The zero-order valence-corrected chi connectivity index (χ0v) is 18.1. The number of nitrogens with one attached hydrogen (secondary N) is 2. The van der Waals surface area contributed by atoms with Crippen LogP contribution < -0.4 is 10.6 Å². The first-order valence-corrected chi connectivity index (χ1v) is 11.0. The Labute approximate surface area is 178 Å². The number of benzene rings is 2. The van der Waals surface area contributed by atoms with Crippen LogP contribution in [-0.4, -0.2) is 54.1 Å². The van der Waals surface area contributed by atoms with E-state index < -0.39 is 0 Å². The summed E-state index contributed by atoms with van der Waals surface area (Å²) >= 11 is 0. The van der Waals surface area contributed by atoms with Crippen molar-refractivity contribution in [3.63, 3.8) is 0 Å². The van der Waals surface area contributed by atoms with E-state index in [4.69, 9.17) is 0 Å². The minimum Gasteiger partial charge on any atom is -0.341 e. The standard InChI is InChI=1S/C24H32N4O2/c1-16-4-6-19-7-5-18(12-20(19)10-16)13-26-24(30)28(21-8-9-21)22-11-17(2)14-27(15-22)23(29)25-3/h4-7,10,12,17,21-22H,8-9,11,13-15H2,1-3H3,(H,25,29)(H,26,30). The molecule has 1 aliphatic heterocycles. The normalized spacial score (nSPS) is 21.4. The van der Waals surface area contributed by atoms with E-state index in [-0.39, 0.29) is 18.1 Å². The molecule has 4 rings (SSSR count). The summed E-state index contributed by atoms with van der Waals surface area (Å²) in [5, 5.41) is 8.27. The van der Waals surface area contributed by atoms with Gasteiger partial charge in [-0.3, -0.25) is 0 Å². The number of piperidine rings is 1. The fraction of sp³-hybridized carbons (Fsp3) is 0.500. The first-order valence-electron chi connectivity index (χ1n) is 11.0. The van der Waals surface area contributed by atoms with Crippen LogP contribution in [0.4, 0.5) is 9.59 Å². The largest absolute Gasteiger partial charge is 0.341 e. The SMILES string of the molecule is CNC(=O)N1CC(C)CC(N(C(=O)NCc2ccc3ccc(C)cc3c2)C2CC2)C1. The van der Waals surface area contributed by atoms with Crippen LogP contribution in [0.1, 0.15) is 37.3 Å². The Morgan fingerprint density at radius 3 is 2.57 bits per heavy atom. The number of carbonyl (C=O) groups is 2. The zero-order chi connectivity index (χ0) is 21.3. The van der Waals surface area contributed by atoms with E-state index in [1.807, 2.05) is 9.80 Å². The van der Waals surface area contributed by atoms with Gasteiger partial charge in [-0.2, -0.15) is 0 Å². The number of hydrogen-bond acceptors (Lipinski definition) is 2. The summed E-state index contributed by atoms with van der Waals surface area (Å²) in [7, 11) is 1.66. The molecule has 2 aliphatic rings. The number of likely N-dealkylation sites (tertiary alicyclic amines) is 1. The van der Waals surface area contributed by atoms with Gasteiger partial charge in [-0.1, -0.05) is 42.8 Å². The van der Waals surface area contributed by atoms with Crippen molar-refractivity contribution in [1.29, 1.82) is 0 Å². The van der Waals surface area contributed by atoms with Crippen molar-refractivity contribution in [3.05, 3.63) is 47.5 Å². The van der Waals surface area contributed by atoms with E-state index in [1.54, 1.807) is 7.05 Å². The van der Waals surface area contributed by atoms with Crippen LogP contribution in [0.25, 0.3) is 10.8 Å². The molecule has 1 heterocycles. The number of hydrogen-bond donors (Lipinski definition) is 2. The van der Waals surface area contributed by atoms with Crippen molar-refractivity contribution >= 4 is 22.8 Å². The summed E-state index contributed by atoms with van der Waals surface area (Å²) in [6.07, 6.45) is 3.04. The van der Waals surface area contributed by atoms with Gasteiger partial charge in [0.05, 0.1) is 6.04 Å². The molecule has 0 aromatic heterocycles. The van der Waals surface area contributed by atoms with Crippen LogP contribution in [0.15, 0.2) is 36.4 Å². The average Bonchev–Trinajstić information content (AvgIpc) is 3.56. The van der Waals surface area contributed by atoms with Crippen LogP contribution >= 0.6 is 0 Å². The first-order chi connectivity index (χ1) is 14.4. The molecule has 4 amide bonds. The van der Waals surface area contributed by atoms with E-state index >= 15 is 0 Å². The summed E-state index contributed by atoms with van der Waals surface area (Å²) in [5.74, 6) is 0.374. The van der Waals surface area contributed by atoms with E-state index in [1.165, 1.54) is 16.3 Å². The molecule has 30 heavy (non-hydrogen) atoms. The van der Waals surface area contributed by atoms with Gasteiger partial charge in [0, 0.05) is 32.7 Å². The minimum atomic E-state index is -0.0610. The van der Waals surface area contributed by atoms with Crippen LogP contribution in [0.2, 0.25) is 0 Å². The van der Waals surface area contributed by atoms with E-state index in [0.29, 0.717) is 25.0 Å². The molecular formula is C24H32N4O2. The van der Waals surface area contributed by atoms with Gasteiger partial charge in [-0.25, -0.2) is 9.59 Å². The van der Waals surface area contributed by atoms with E-state index in [9.17, 15) is 9.59 Å². The molecule has 2 N–H and O–H groups in total. The first kappa shape index (κ1) is 20.5. The number of carbonyl (C=O) groups excluding carboxylic acids is 2. The molecule has 0 bridgehead atoms. The summed E-state index contributed by atoms with van der Waals surface area (Å²) in [6, 6.07) is 13.0. The maximum atomic E-state index is 13.2.